The zero-order valence-electron chi connectivity index (χ0n) is 7.97. The molecule has 0 N–H and O–H groups in total. The van der Waals surface area contributed by atoms with Gasteiger partial charge in [-0.1, -0.05) is 11.6 Å². The Morgan fingerprint density at radius 3 is 2.87 bits per heavy atom. The van der Waals surface area contributed by atoms with E-state index in [4.69, 9.17) is 23.2 Å². The quantitative estimate of drug-likeness (QED) is 0.608. The number of benzene rings is 1. The number of carbonyl (C=O) groups excluding carboxylic acids is 1. The Morgan fingerprint density at radius 1 is 1.60 bits per heavy atom. The standard InChI is InChI=1S/C10H9Cl2FO2/c1-2-15-10(14)9(12)7-5-6(11)3-4-8(7)13/h3-5,9H,2H2,1H3. The SMILES string of the molecule is CCOC(=O)C(Cl)c1cc(Cl)ccc1F. The van der Waals surface area contributed by atoms with E-state index < -0.39 is 17.2 Å². The molecule has 0 heterocycles. The van der Waals surface area contributed by atoms with Crippen LogP contribution in [0.25, 0.3) is 0 Å². The summed E-state index contributed by atoms with van der Waals surface area (Å²) in [5.41, 5.74) is 0.0302. The van der Waals surface area contributed by atoms with Crippen LogP contribution in [0.5, 0.6) is 0 Å². The summed E-state index contributed by atoms with van der Waals surface area (Å²) < 4.78 is 17.9. The molecule has 82 valence electrons. The molecule has 1 unspecified atom stereocenters. The van der Waals surface area contributed by atoms with Crippen molar-refractivity contribution in [1.29, 1.82) is 0 Å². The average molecular weight is 251 g/mol. The Labute approximate surface area is 96.9 Å². The molecule has 1 atom stereocenters. The monoisotopic (exact) mass is 250 g/mol. The van der Waals surface area contributed by atoms with Gasteiger partial charge in [-0.2, -0.15) is 0 Å². The third kappa shape index (κ3) is 3.08. The van der Waals surface area contributed by atoms with Gasteiger partial charge in [-0.05, 0) is 25.1 Å². The molecule has 5 heteroatoms. The molecule has 0 radical (unpaired) electrons. The summed E-state index contributed by atoms with van der Waals surface area (Å²) >= 11 is 11.4. The summed E-state index contributed by atoms with van der Waals surface area (Å²) in [4.78, 5) is 11.2. The zero-order chi connectivity index (χ0) is 11.4. The van der Waals surface area contributed by atoms with E-state index in [-0.39, 0.29) is 12.2 Å². The molecule has 0 amide bonds. The summed E-state index contributed by atoms with van der Waals surface area (Å²) in [6, 6.07) is 3.85. The molecule has 1 aromatic carbocycles. The van der Waals surface area contributed by atoms with Crippen LogP contribution in [-0.2, 0) is 9.53 Å². The molecule has 0 aliphatic carbocycles. The lowest BCUT2D eigenvalue weighted by Crippen LogP contribution is -2.12. The normalized spacial score (nSPS) is 12.3. The van der Waals surface area contributed by atoms with Gasteiger partial charge in [-0.3, -0.25) is 4.79 Å². The minimum absolute atomic E-state index is 0.0302. The number of halogens is 3. The van der Waals surface area contributed by atoms with Gasteiger partial charge in [-0.25, -0.2) is 4.39 Å². The van der Waals surface area contributed by atoms with Gasteiger partial charge in [0.1, 0.15) is 5.82 Å². The number of carbonyl (C=O) groups is 1. The van der Waals surface area contributed by atoms with Gasteiger partial charge in [0.2, 0.25) is 0 Å². The van der Waals surface area contributed by atoms with Crippen LogP contribution in [0.4, 0.5) is 4.39 Å². The minimum atomic E-state index is -1.16. The molecule has 1 aromatic rings. The van der Waals surface area contributed by atoms with Gasteiger partial charge in [0.05, 0.1) is 6.61 Å². The highest BCUT2D eigenvalue weighted by Crippen LogP contribution is 2.27. The number of alkyl halides is 1. The van der Waals surface area contributed by atoms with Gasteiger partial charge in [0.25, 0.3) is 0 Å². The van der Waals surface area contributed by atoms with Gasteiger partial charge in [0.15, 0.2) is 5.38 Å². The number of rotatable bonds is 3. The summed E-state index contributed by atoms with van der Waals surface area (Å²) in [6.07, 6.45) is 0. The first-order chi connectivity index (χ1) is 7.06. The zero-order valence-corrected chi connectivity index (χ0v) is 9.48. The molecule has 0 spiro atoms. The van der Waals surface area contributed by atoms with Crippen LogP contribution in [-0.4, -0.2) is 12.6 Å². The lowest BCUT2D eigenvalue weighted by Gasteiger charge is -2.09. The fourth-order valence-corrected chi connectivity index (χ4v) is 1.46. The van der Waals surface area contributed by atoms with Crippen LogP contribution >= 0.6 is 23.2 Å². The number of hydrogen-bond donors (Lipinski definition) is 0. The predicted octanol–water partition coefficient (Wildman–Crippen LogP) is 3.32. The van der Waals surface area contributed by atoms with Crippen LogP contribution in [0.2, 0.25) is 5.02 Å². The molecule has 0 aliphatic heterocycles. The largest absolute Gasteiger partial charge is 0.465 e. The van der Waals surface area contributed by atoms with Crippen LogP contribution < -0.4 is 0 Å². The fraction of sp³-hybridized carbons (Fsp3) is 0.300. The molecular weight excluding hydrogens is 242 g/mol. The van der Waals surface area contributed by atoms with Crippen molar-refractivity contribution in [2.45, 2.75) is 12.3 Å². The lowest BCUT2D eigenvalue weighted by atomic mass is 10.1. The summed E-state index contributed by atoms with van der Waals surface area (Å²) in [7, 11) is 0. The second kappa shape index (κ2) is 5.33. The van der Waals surface area contributed by atoms with Crippen LogP contribution in [0.3, 0.4) is 0 Å². The molecular formula is C10H9Cl2FO2. The van der Waals surface area contributed by atoms with E-state index >= 15 is 0 Å². The van der Waals surface area contributed by atoms with E-state index in [9.17, 15) is 9.18 Å². The Balaban J connectivity index is 2.94. The van der Waals surface area contributed by atoms with Crippen LogP contribution in [0.1, 0.15) is 17.9 Å². The molecule has 0 aliphatic rings. The molecule has 2 nitrogen and oxygen atoms in total. The van der Waals surface area contributed by atoms with Crippen molar-refractivity contribution >= 4 is 29.2 Å². The summed E-state index contributed by atoms with van der Waals surface area (Å²) in [5, 5.41) is -0.843. The number of hydrogen-bond acceptors (Lipinski definition) is 2. The Kier molecular flexibility index (Phi) is 4.36. The van der Waals surface area contributed by atoms with Gasteiger partial charge < -0.3 is 4.74 Å². The maximum absolute atomic E-state index is 13.3. The van der Waals surface area contributed by atoms with E-state index in [0.717, 1.165) is 6.07 Å². The number of ether oxygens (including phenoxy) is 1. The third-order valence-electron chi connectivity index (χ3n) is 1.72. The predicted molar refractivity (Wildman–Crippen MR) is 56.6 cm³/mol. The molecule has 0 saturated carbocycles. The van der Waals surface area contributed by atoms with Crippen molar-refractivity contribution in [3.63, 3.8) is 0 Å². The molecule has 15 heavy (non-hydrogen) atoms. The molecule has 0 aromatic heterocycles. The highest BCUT2D eigenvalue weighted by molar-refractivity contribution is 6.32. The van der Waals surface area contributed by atoms with Gasteiger partial charge >= 0.3 is 5.97 Å². The average Bonchev–Trinajstić information content (AvgIpc) is 2.21. The first-order valence-corrected chi connectivity index (χ1v) is 5.13. The van der Waals surface area contributed by atoms with E-state index in [2.05, 4.69) is 4.74 Å². The smallest absolute Gasteiger partial charge is 0.328 e. The van der Waals surface area contributed by atoms with Gasteiger partial charge in [0, 0.05) is 10.6 Å². The Morgan fingerprint density at radius 2 is 2.27 bits per heavy atom. The van der Waals surface area contributed by atoms with E-state index in [1.54, 1.807) is 6.92 Å². The van der Waals surface area contributed by atoms with Crippen molar-refractivity contribution in [1.82, 2.24) is 0 Å². The second-order valence-corrected chi connectivity index (χ2v) is 3.65. The number of esters is 1. The first-order valence-electron chi connectivity index (χ1n) is 4.32. The summed E-state index contributed by atoms with van der Waals surface area (Å²) in [5.74, 6) is -1.26. The molecule has 0 saturated heterocycles. The van der Waals surface area contributed by atoms with Crippen LogP contribution in [0, 0.1) is 5.82 Å². The van der Waals surface area contributed by atoms with Crippen molar-refractivity contribution in [3.8, 4) is 0 Å². The van der Waals surface area contributed by atoms with Crippen molar-refractivity contribution < 1.29 is 13.9 Å². The molecule has 1 rings (SSSR count). The maximum Gasteiger partial charge on any atom is 0.328 e. The second-order valence-electron chi connectivity index (χ2n) is 2.78. The Bertz CT molecular complexity index is 368. The van der Waals surface area contributed by atoms with Crippen molar-refractivity contribution in [2.75, 3.05) is 6.61 Å². The highest BCUT2D eigenvalue weighted by atomic mass is 35.5. The van der Waals surface area contributed by atoms with E-state index in [0.29, 0.717) is 5.02 Å². The van der Waals surface area contributed by atoms with Crippen LogP contribution in [0.15, 0.2) is 18.2 Å². The van der Waals surface area contributed by atoms with Crippen molar-refractivity contribution in [3.05, 3.63) is 34.6 Å². The highest BCUT2D eigenvalue weighted by Gasteiger charge is 2.22. The minimum Gasteiger partial charge on any atom is -0.465 e. The molecule has 0 bridgehead atoms. The van der Waals surface area contributed by atoms with Crippen molar-refractivity contribution in [2.24, 2.45) is 0 Å². The molecule has 0 fully saturated rings. The first kappa shape index (κ1) is 12.3. The third-order valence-corrected chi connectivity index (χ3v) is 2.37. The van der Waals surface area contributed by atoms with E-state index in [1.165, 1.54) is 12.1 Å². The topological polar surface area (TPSA) is 26.3 Å². The Hall–Kier alpha value is -0.800. The van der Waals surface area contributed by atoms with E-state index in [1.807, 2.05) is 0 Å². The van der Waals surface area contributed by atoms with Gasteiger partial charge in [-0.15, -0.1) is 11.6 Å². The lowest BCUT2D eigenvalue weighted by molar-refractivity contribution is -0.142. The summed E-state index contributed by atoms with van der Waals surface area (Å²) in [6.45, 7) is 1.85. The fourth-order valence-electron chi connectivity index (χ4n) is 1.05. The maximum atomic E-state index is 13.3.